The average Bonchev–Trinajstić information content (AvgIpc) is 2.40. The van der Waals surface area contributed by atoms with E-state index in [9.17, 15) is 15.0 Å². The molecule has 3 N–H and O–H groups in total. The first kappa shape index (κ1) is 16.3. The maximum Gasteiger partial charge on any atom is 0.255 e. The minimum Gasteiger partial charge on any atom is -0.508 e. The van der Waals surface area contributed by atoms with E-state index in [1.54, 1.807) is 0 Å². The van der Waals surface area contributed by atoms with E-state index in [0.29, 0.717) is 12.6 Å². The molecule has 0 aliphatic heterocycles. The van der Waals surface area contributed by atoms with Gasteiger partial charge in [-0.25, -0.2) is 0 Å². The minimum absolute atomic E-state index is 0.0356. The van der Waals surface area contributed by atoms with Gasteiger partial charge in [-0.2, -0.15) is 0 Å². The average molecular weight is 280 g/mol. The normalized spacial score (nSPS) is 11.1. The second-order valence-electron chi connectivity index (χ2n) is 5.24. The predicted octanol–water partition coefficient (Wildman–Crippen LogP) is 1.95. The van der Waals surface area contributed by atoms with Crippen molar-refractivity contribution in [2.75, 3.05) is 20.1 Å². The van der Waals surface area contributed by atoms with Gasteiger partial charge in [0.2, 0.25) is 0 Å². The fourth-order valence-electron chi connectivity index (χ4n) is 1.75. The van der Waals surface area contributed by atoms with Gasteiger partial charge in [0.1, 0.15) is 11.5 Å². The molecule has 5 nitrogen and oxygen atoms in total. The first-order chi connectivity index (χ1) is 9.41. The Labute approximate surface area is 120 Å². The highest BCUT2D eigenvalue weighted by Gasteiger charge is 2.11. The molecule has 0 fully saturated rings. The van der Waals surface area contributed by atoms with Crippen LogP contribution in [0.2, 0.25) is 0 Å². The second-order valence-corrected chi connectivity index (χ2v) is 5.24. The van der Waals surface area contributed by atoms with Crippen LogP contribution in [-0.4, -0.2) is 47.2 Å². The number of hydrogen-bond donors (Lipinski definition) is 3. The smallest absolute Gasteiger partial charge is 0.255 e. The molecule has 0 saturated carbocycles. The van der Waals surface area contributed by atoms with Crippen molar-refractivity contribution in [3.63, 3.8) is 0 Å². The number of unbranched alkanes of at least 4 members (excludes halogenated alkanes) is 1. The van der Waals surface area contributed by atoms with Crippen molar-refractivity contribution in [1.29, 1.82) is 0 Å². The Bertz CT molecular complexity index is 447. The molecule has 0 saturated heterocycles. The number of hydrogen-bond acceptors (Lipinski definition) is 4. The highest BCUT2D eigenvalue weighted by Crippen LogP contribution is 2.21. The predicted molar refractivity (Wildman–Crippen MR) is 79.1 cm³/mol. The van der Waals surface area contributed by atoms with Crippen LogP contribution < -0.4 is 5.32 Å². The van der Waals surface area contributed by atoms with E-state index in [-0.39, 0.29) is 23.0 Å². The molecule has 5 heteroatoms. The Morgan fingerprint density at radius 2 is 2.00 bits per heavy atom. The molecule has 0 atom stereocenters. The summed E-state index contributed by atoms with van der Waals surface area (Å²) in [6.45, 7) is 5.84. The fraction of sp³-hybridized carbons (Fsp3) is 0.533. The van der Waals surface area contributed by atoms with Gasteiger partial charge in [0.05, 0.1) is 5.56 Å². The molecular weight excluding hydrogens is 256 g/mol. The van der Waals surface area contributed by atoms with E-state index >= 15 is 0 Å². The van der Waals surface area contributed by atoms with Gasteiger partial charge in [-0.3, -0.25) is 4.79 Å². The Balaban J connectivity index is 2.32. The molecule has 112 valence electrons. The minimum atomic E-state index is -0.365. The van der Waals surface area contributed by atoms with Crippen LogP contribution in [-0.2, 0) is 0 Å². The summed E-state index contributed by atoms with van der Waals surface area (Å²) in [6, 6.07) is 4.43. The number of amides is 1. The number of phenols is 2. The molecule has 1 aromatic rings. The molecule has 0 radical (unpaired) electrons. The van der Waals surface area contributed by atoms with E-state index in [0.717, 1.165) is 19.4 Å². The first-order valence-electron chi connectivity index (χ1n) is 6.92. The molecule has 0 spiro atoms. The van der Waals surface area contributed by atoms with Gasteiger partial charge in [-0.15, -0.1) is 0 Å². The Morgan fingerprint density at radius 3 is 2.65 bits per heavy atom. The number of benzene rings is 1. The maximum absolute atomic E-state index is 11.8. The summed E-state index contributed by atoms with van der Waals surface area (Å²) < 4.78 is 0. The number of aromatic hydroxyl groups is 2. The van der Waals surface area contributed by atoms with Crippen molar-refractivity contribution in [3.8, 4) is 11.5 Å². The lowest BCUT2D eigenvalue weighted by molar-refractivity contribution is 0.0949. The number of nitrogens with one attached hydrogen (secondary N) is 1. The second kappa shape index (κ2) is 7.75. The van der Waals surface area contributed by atoms with E-state index in [4.69, 9.17) is 0 Å². The molecule has 20 heavy (non-hydrogen) atoms. The number of carbonyl (C=O) groups excluding carboxylic acids is 1. The van der Waals surface area contributed by atoms with Crippen LogP contribution in [0, 0.1) is 0 Å². The first-order valence-corrected chi connectivity index (χ1v) is 6.92. The third kappa shape index (κ3) is 5.09. The summed E-state index contributed by atoms with van der Waals surface area (Å²) in [5.74, 6) is -0.526. The van der Waals surface area contributed by atoms with Crippen LogP contribution >= 0.6 is 0 Å². The zero-order valence-electron chi connectivity index (χ0n) is 12.4. The van der Waals surface area contributed by atoms with Crippen molar-refractivity contribution in [2.24, 2.45) is 0 Å². The van der Waals surface area contributed by atoms with Crippen molar-refractivity contribution < 1.29 is 15.0 Å². The van der Waals surface area contributed by atoms with Crippen LogP contribution in [0.3, 0.4) is 0 Å². The Morgan fingerprint density at radius 1 is 1.30 bits per heavy atom. The molecule has 0 aliphatic carbocycles. The molecule has 1 aromatic carbocycles. The topological polar surface area (TPSA) is 72.8 Å². The molecule has 1 amide bonds. The zero-order chi connectivity index (χ0) is 15.1. The van der Waals surface area contributed by atoms with Gasteiger partial charge >= 0.3 is 0 Å². The van der Waals surface area contributed by atoms with Crippen molar-refractivity contribution in [3.05, 3.63) is 23.8 Å². The highest BCUT2D eigenvalue weighted by molar-refractivity contribution is 5.97. The monoisotopic (exact) mass is 280 g/mol. The lowest BCUT2D eigenvalue weighted by atomic mass is 10.1. The lowest BCUT2D eigenvalue weighted by Crippen LogP contribution is -2.29. The van der Waals surface area contributed by atoms with Crippen molar-refractivity contribution >= 4 is 5.91 Å². The SMILES string of the molecule is CC(C)N(C)CCCCNC(=O)c1cc(O)ccc1O. The molecule has 0 heterocycles. The molecule has 0 aliphatic rings. The van der Waals surface area contributed by atoms with Crippen LogP contribution in [0.25, 0.3) is 0 Å². The molecule has 1 rings (SSSR count). The number of carbonyl (C=O) groups is 1. The van der Waals surface area contributed by atoms with Crippen LogP contribution in [0.4, 0.5) is 0 Å². The molecule has 0 bridgehead atoms. The Hall–Kier alpha value is -1.75. The standard InChI is InChI=1S/C15H24N2O3/c1-11(2)17(3)9-5-4-8-16-15(20)13-10-12(18)6-7-14(13)19/h6-7,10-11,18-19H,4-5,8-9H2,1-3H3,(H,16,20). The maximum atomic E-state index is 11.8. The van der Waals surface area contributed by atoms with E-state index < -0.39 is 0 Å². The summed E-state index contributed by atoms with van der Waals surface area (Å²) in [4.78, 5) is 14.1. The van der Waals surface area contributed by atoms with Gasteiger partial charge in [0.15, 0.2) is 0 Å². The van der Waals surface area contributed by atoms with Crippen LogP contribution in [0.1, 0.15) is 37.0 Å². The number of phenolic OH excluding ortho intramolecular Hbond substituents is 2. The van der Waals surface area contributed by atoms with Crippen LogP contribution in [0.5, 0.6) is 11.5 Å². The summed E-state index contributed by atoms with van der Waals surface area (Å²) in [5.41, 5.74) is 0.101. The fourth-order valence-corrected chi connectivity index (χ4v) is 1.75. The van der Waals surface area contributed by atoms with E-state index in [1.165, 1.54) is 18.2 Å². The van der Waals surface area contributed by atoms with E-state index in [1.807, 2.05) is 0 Å². The van der Waals surface area contributed by atoms with Gasteiger partial charge in [0, 0.05) is 12.6 Å². The molecular formula is C15H24N2O3. The van der Waals surface area contributed by atoms with Crippen molar-refractivity contribution in [1.82, 2.24) is 10.2 Å². The largest absolute Gasteiger partial charge is 0.508 e. The number of nitrogens with zero attached hydrogens (tertiary/aromatic N) is 1. The van der Waals surface area contributed by atoms with E-state index in [2.05, 4.69) is 31.1 Å². The third-order valence-electron chi connectivity index (χ3n) is 3.33. The number of rotatable bonds is 7. The lowest BCUT2D eigenvalue weighted by Gasteiger charge is -2.20. The van der Waals surface area contributed by atoms with Crippen LogP contribution in [0.15, 0.2) is 18.2 Å². The Kier molecular flexibility index (Phi) is 6.31. The van der Waals surface area contributed by atoms with Gasteiger partial charge < -0.3 is 20.4 Å². The zero-order valence-corrected chi connectivity index (χ0v) is 12.4. The van der Waals surface area contributed by atoms with Gasteiger partial charge in [-0.05, 0) is 58.5 Å². The van der Waals surface area contributed by atoms with Gasteiger partial charge in [0.25, 0.3) is 5.91 Å². The summed E-state index contributed by atoms with van der Waals surface area (Å²) in [7, 11) is 2.08. The van der Waals surface area contributed by atoms with Crippen molar-refractivity contribution in [2.45, 2.75) is 32.7 Å². The van der Waals surface area contributed by atoms with Gasteiger partial charge in [-0.1, -0.05) is 0 Å². The summed E-state index contributed by atoms with van der Waals surface area (Å²) in [6.07, 6.45) is 1.88. The molecule has 0 aromatic heterocycles. The molecule has 0 unspecified atom stereocenters. The third-order valence-corrected chi connectivity index (χ3v) is 3.33. The highest BCUT2D eigenvalue weighted by atomic mass is 16.3. The summed E-state index contributed by atoms with van der Waals surface area (Å²) >= 11 is 0. The summed E-state index contributed by atoms with van der Waals surface area (Å²) in [5, 5.41) is 21.6. The quantitative estimate of drug-likeness (QED) is 0.527.